The zero-order valence-electron chi connectivity index (χ0n) is 12.3. The third-order valence-corrected chi connectivity index (χ3v) is 3.48. The first-order valence-corrected chi connectivity index (χ1v) is 7.06. The number of carbonyl (C=O) groups excluding carboxylic acids is 1. The maximum Gasteiger partial charge on any atom is 0.407 e. The molecule has 0 radical (unpaired) electrons. The molecule has 2 N–H and O–H groups in total. The number of hydrogen-bond acceptors (Lipinski definition) is 3. The van der Waals surface area contributed by atoms with Crippen LogP contribution in [0.2, 0.25) is 0 Å². The van der Waals surface area contributed by atoms with Crippen LogP contribution in [0.5, 0.6) is 0 Å². The number of ether oxygens (including phenoxy) is 1. The van der Waals surface area contributed by atoms with E-state index in [1.165, 1.54) is 5.56 Å². The fourth-order valence-corrected chi connectivity index (χ4v) is 2.49. The van der Waals surface area contributed by atoms with Gasteiger partial charge < -0.3 is 15.2 Å². The zero-order valence-corrected chi connectivity index (χ0v) is 12.3. The molecule has 110 valence electrons. The summed E-state index contributed by atoms with van der Waals surface area (Å²) in [7, 11) is 0. The smallest absolute Gasteiger partial charge is 0.407 e. The second kappa shape index (κ2) is 5.83. The third-order valence-electron chi connectivity index (χ3n) is 3.48. The number of amides is 1. The summed E-state index contributed by atoms with van der Waals surface area (Å²) in [4.78, 5) is 11.8. The lowest BCUT2D eigenvalue weighted by atomic mass is 10.1. The standard InChI is InChI=1S/C16H23NO3/c1-16(2,3)20-15(19)17-14(10-18)13-9-12(13)11-7-5-4-6-8-11/h4-8,12-14,18H,9-10H2,1-3H3,(H,17,19)/t12-,13+,14+/m1/s1. The van der Waals surface area contributed by atoms with E-state index in [-0.39, 0.29) is 18.6 Å². The Morgan fingerprint density at radius 1 is 1.40 bits per heavy atom. The van der Waals surface area contributed by atoms with E-state index in [4.69, 9.17) is 4.74 Å². The van der Waals surface area contributed by atoms with Crippen molar-refractivity contribution in [1.29, 1.82) is 0 Å². The average Bonchev–Trinajstić information content (AvgIpc) is 3.15. The molecule has 0 bridgehead atoms. The van der Waals surface area contributed by atoms with Gasteiger partial charge in [-0.15, -0.1) is 0 Å². The molecule has 4 nitrogen and oxygen atoms in total. The Morgan fingerprint density at radius 2 is 2.05 bits per heavy atom. The Hall–Kier alpha value is -1.55. The van der Waals surface area contributed by atoms with Crippen LogP contribution < -0.4 is 5.32 Å². The first kappa shape index (κ1) is 14.9. The largest absolute Gasteiger partial charge is 0.444 e. The number of hydrogen-bond donors (Lipinski definition) is 2. The summed E-state index contributed by atoms with van der Waals surface area (Å²) in [6.45, 7) is 5.41. The summed E-state index contributed by atoms with van der Waals surface area (Å²) < 4.78 is 5.23. The van der Waals surface area contributed by atoms with E-state index in [2.05, 4.69) is 17.4 Å². The highest BCUT2D eigenvalue weighted by atomic mass is 16.6. The lowest BCUT2D eigenvalue weighted by Gasteiger charge is -2.23. The van der Waals surface area contributed by atoms with Gasteiger partial charge in [-0.05, 0) is 44.6 Å². The molecule has 1 aliphatic rings. The molecule has 0 heterocycles. The summed E-state index contributed by atoms with van der Waals surface area (Å²) >= 11 is 0. The first-order valence-electron chi connectivity index (χ1n) is 7.06. The molecule has 1 aromatic rings. The van der Waals surface area contributed by atoms with Crippen molar-refractivity contribution >= 4 is 6.09 Å². The van der Waals surface area contributed by atoms with E-state index >= 15 is 0 Å². The van der Waals surface area contributed by atoms with Crippen LogP contribution in [0.4, 0.5) is 4.79 Å². The number of benzene rings is 1. The van der Waals surface area contributed by atoms with Crippen molar-refractivity contribution in [1.82, 2.24) is 5.32 Å². The highest BCUT2D eigenvalue weighted by Crippen LogP contribution is 2.49. The molecule has 1 aromatic carbocycles. The van der Waals surface area contributed by atoms with Gasteiger partial charge >= 0.3 is 6.09 Å². The van der Waals surface area contributed by atoms with Crippen molar-refractivity contribution in [2.45, 2.75) is 44.8 Å². The van der Waals surface area contributed by atoms with Crippen molar-refractivity contribution in [3.05, 3.63) is 35.9 Å². The molecule has 0 aliphatic heterocycles. The van der Waals surface area contributed by atoms with Crippen LogP contribution >= 0.6 is 0 Å². The van der Waals surface area contributed by atoms with Crippen molar-refractivity contribution < 1.29 is 14.6 Å². The van der Waals surface area contributed by atoms with Crippen LogP contribution in [0.3, 0.4) is 0 Å². The molecule has 1 fully saturated rings. The van der Waals surface area contributed by atoms with Gasteiger partial charge in [0.2, 0.25) is 0 Å². The number of nitrogens with one attached hydrogen (secondary N) is 1. The number of aliphatic hydroxyl groups excluding tert-OH is 1. The Morgan fingerprint density at radius 3 is 2.60 bits per heavy atom. The van der Waals surface area contributed by atoms with Gasteiger partial charge in [-0.2, -0.15) is 0 Å². The summed E-state index contributed by atoms with van der Waals surface area (Å²) in [6, 6.07) is 9.96. The van der Waals surface area contributed by atoms with Gasteiger partial charge in [-0.25, -0.2) is 4.79 Å². The van der Waals surface area contributed by atoms with Gasteiger partial charge in [-0.3, -0.25) is 0 Å². The summed E-state index contributed by atoms with van der Waals surface area (Å²) in [5.74, 6) is 0.707. The van der Waals surface area contributed by atoms with Gasteiger partial charge in [0.25, 0.3) is 0 Å². The van der Waals surface area contributed by atoms with Gasteiger partial charge in [-0.1, -0.05) is 30.3 Å². The number of carbonyl (C=O) groups is 1. The molecule has 0 unspecified atom stereocenters. The Bertz CT molecular complexity index is 453. The van der Waals surface area contributed by atoms with Crippen molar-refractivity contribution in [3.8, 4) is 0 Å². The molecule has 1 saturated carbocycles. The second-order valence-electron chi connectivity index (χ2n) is 6.35. The van der Waals surface area contributed by atoms with Gasteiger partial charge in [0.15, 0.2) is 0 Å². The molecule has 3 atom stereocenters. The minimum absolute atomic E-state index is 0.0623. The average molecular weight is 277 g/mol. The predicted molar refractivity (Wildman–Crippen MR) is 77.5 cm³/mol. The summed E-state index contributed by atoms with van der Waals surface area (Å²) in [5, 5.41) is 12.3. The van der Waals surface area contributed by atoms with Gasteiger partial charge in [0.05, 0.1) is 12.6 Å². The summed E-state index contributed by atoms with van der Waals surface area (Å²) in [5.41, 5.74) is 0.744. The highest BCUT2D eigenvalue weighted by molar-refractivity contribution is 5.68. The molecule has 4 heteroatoms. The van der Waals surface area contributed by atoms with Crippen LogP contribution in [-0.2, 0) is 4.74 Å². The second-order valence-corrected chi connectivity index (χ2v) is 6.35. The van der Waals surface area contributed by atoms with E-state index < -0.39 is 11.7 Å². The lowest BCUT2D eigenvalue weighted by molar-refractivity contribution is 0.0472. The molecule has 0 aromatic heterocycles. The monoisotopic (exact) mass is 277 g/mol. The third kappa shape index (κ3) is 3.97. The predicted octanol–water partition coefficient (Wildman–Crippen LogP) is 2.68. The number of alkyl carbamates (subject to hydrolysis) is 1. The molecule has 1 aliphatic carbocycles. The Labute approximate surface area is 120 Å². The van der Waals surface area contributed by atoms with Crippen LogP contribution in [0.1, 0.15) is 38.7 Å². The van der Waals surface area contributed by atoms with E-state index in [1.807, 2.05) is 39.0 Å². The van der Waals surface area contributed by atoms with Crippen LogP contribution in [0, 0.1) is 5.92 Å². The lowest BCUT2D eigenvalue weighted by Crippen LogP contribution is -2.42. The molecular formula is C16H23NO3. The summed E-state index contributed by atoms with van der Waals surface area (Å²) in [6.07, 6.45) is 0.528. The normalized spacial score (nSPS) is 23.0. The quantitative estimate of drug-likeness (QED) is 0.889. The minimum Gasteiger partial charge on any atom is -0.444 e. The fourth-order valence-electron chi connectivity index (χ4n) is 2.49. The molecule has 2 rings (SSSR count). The topological polar surface area (TPSA) is 58.6 Å². The van der Waals surface area contributed by atoms with Crippen LogP contribution in [-0.4, -0.2) is 29.4 Å². The zero-order chi connectivity index (χ0) is 14.8. The van der Waals surface area contributed by atoms with Crippen molar-refractivity contribution in [2.24, 2.45) is 5.92 Å². The molecule has 20 heavy (non-hydrogen) atoms. The number of rotatable bonds is 4. The van der Waals surface area contributed by atoms with Crippen molar-refractivity contribution in [2.75, 3.05) is 6.61 Å². The number of aliphatic hydroxyl groups is 1. The highest BCUT2D eigenvalue weighted by Gasteiger charge is 2.44. The molecule has 0 saturated heterocycles. The Balaban J connectivity index is 1.90. The van der Waals surface area contributed by atoms with Crippen LogP contribution in [0.15, 0.2) is 30.3 Å². The molecule has 0 spiro atoms. The maximum absolute atomic E-state index is 11.8. The van der Waals surface area contributed by atoms with E-state index in [1.54, 1.807) is 0 Å². The van der Waals surface area contributed by atoms with Gasteiger partial charge in [0, 0.05) is 0 Å². The minimum atomic E-state index is -0.521. The van der Waals surface area contributed by atoms with E-state index in [0.29, 0.717) is 5.92 Å². The first-order chi connectivity index (χ1) is 9.40. The van der Waals surface area contributed by atoms with E-state index in [0.717, 1.165) is 6.42 Å². The van der Waals surface area contributed by atoms with Crippen molar-refractivity contribution in [3.63, 3.8) is 0 Å². The molecule has 1 amide bonds. The maximum atomic E-state index is 11.8. The van der Waals surface area contributed by atoms with Crippen LogP contribution in [0.25, 0.3) is 0 Å². The Kier molecular flexibility index (Phi) is 4.33. The molecular weight excluding hydrogens is 254 g/mol. The van der Waals surface area contributed by atoms with Gasteiger partial charge in [0.1, 0.15) is 5.60 Å². The van der Waals surface area contributed by atoms with E-state index in [9.17, 15) is 9.90 Å². The fraction of sp³-hybridized carbons (Fsp3) is 0.562. The SMILES string of the molecule is CC(C)(C)OC(=O)N[C@@H](CO)[C@H]1C[C@@H]1c1ccccc1.